The molecule has 0 unspecified atom stereocenters. The van der Waals surface area contributed by atoms with Gasteiger partial charge in [0.1, 0.15) is 0 Å². The van der Waals surface area contributed by atoms with Crippen LogP contribution in [-0.2, 0) is 6.54 Å². The first-order valence-corrected chi connectivity index (χ1v) is 8.37. The Hall–Kier alpha value is -3.39. The van der Waals surface area contributed by atoms with Gasteiger partial charge in [0.15, 0.2) is 0 Å². The van der Waals surface area contributed by atoms with Crippen LogP contribution < -0.4 is 22.3 Å². The SMILES string of the molecule is CCn1c(=O)[nH]c2cc(C(=O)Nc3ccc(Cl)c(C(N)=O)c3)ccc2c1=O. The second-order valence-electron chi connectivity index (χ2n) is 5.75. The number of aromatic amines is 1. The van der Waals surface area contributed by atoms with Crippen LogP contribution in [0.4, 0.5) is 5.69 Å². The van der Waals surface area contributed by atoms with Gasteiger partial charge in [0, 0.05) is 17.8 Å². The average molecular weight is 387 g/mol. The number of anilines is 1. The molecule has 0 saturated carbocycles. The molecule has 4 N–H and O–H groups in total. The number of amides is 2. The predicted octanol–water partition coefficient (Wildman–Crippen LogP) is 1.71. The third-order valence-corrected chi connectivity index (χ3v) is 4.38. The van der Waals surface area contributed by atoms with Gasteiger partial charge in [0.05, 0.1) is 21.5 Å². The molecule has 0 fully saturated rings. The molecule has 0 saturated heterocycles. The summed E-state index contributed by atoms with van der Waals surface area (Å²) in [5.41, 5.74) is 5.16. The van der Waals surface area contributed by atoms with Crippen LogP contribution in [0.3, 0.4) is 0 Å². The van der Waals surface area contributed by atoms with Crippen molar-refractivity contribution in [2.75, 3.05) is 5.32 Å². The molecule has 0 spiro atoms. The summed E-state index contributed by atoms with van der Waals surface area (Å²) in [7, 11) is 0. The Morgan fingerprint density at radius 2 is 1.93 bits per heavy atom. The number of primary amides is 1. The number of benzene rings is 2. The highest BCUT2D eigenvalue weighted by atomic mass is 35.5. The summed E-state index contributed by atoms with van der Waals surface area (Å²) in [6, 6.07) is 8.70. The van der Waals surface area contributed by atoms with E-state index in [0.717, 1.165) is 4.57 Å². The van der Waals surface area contributed by atoms with Crippen molar-refractivity contribution >= 4 is 40.0 Å². The molecule has 2 aromatic carbocycles. The molecule has 138 valence electrons. The number of halogens is 1. The highest BCUT2D eigenvalue weighted by Gasteiger charge is 2.13. The lowest BCUT2D eigenvalue weighted by molar-refractivity contribution is 0.0996. The minimum Gasteiger partial charge on any atom is -0.366 e. The van der Waals surface area contributed by atoms with Gasteiger partial charge in [-0.2, -0.15) is 0 Å². The van der Waals surface area contributed by atoms with E-state index in [1.165, 1.54) is 36.4 Å². The van der Waals surface area contributed by atoms with Crippen molar-refractivity contribution in [1.29, 1.82) is 0 Å². The standard InChI is InChI=1S/C18H15ClN4O4/c1-2-23-17(26)11-5-3-9(7-14(11)22-18(23)27)16(25)21-10-4-6-13(19)12(8-10)15(20)24/h3-8H,2H2,1H3,(H2,20,24)(H,21,25)(H,22,27). The highest BCUT2D eigenvalue weighted by Crippen LogP contribution is 2.21. The van der Waals surface area contributed by atoms with Crippen LogP contribution in [0, 0.1) is 0 Å². The topological polar surface area (TPSA) is 127 Å². The molecule has 9 heteroatoms. The Morgan fingerprint density at radius 3 is 2.59 bits per heavy atom. The highest BCUT2D eigenvalue weighted by molar-refractivity contribution is 6.34. The van der Waals surface area contributed by atoms with Gasteiger partial charge in [-0.15, -0.1) is 0 Å². The lowest BCUT2D eigenvalue weighted by Gasteiger charge is -2.09. The summed E-state index contributed by atoms with van der Waals surface area (Å²) in [5.74, 6) is -1.21. The summed E-state index contributed by atoms with van der Waals surface area (Å²) in [4.78, 5) is 50.6. The smallest absolute Gasteiger partial charge is 0.328 e. The van der Waals surface area contributed by atoms with Crippen LogP contribution in [0.2, 0.25) is 5.02 Å². The van der Waals surface area contributed by atoms with E-state index in [1.54, 1.807) is 6.92 Å². The third kappa shape index (κ3) is 3.47. The van der Waals surface area contributed by atoms with Crippen molar-refractivity contribution in [3.05, 3.63) is 73.4 Å². The number of aromatic nitrogens is 2. The van der Waals surface area contributed by atoms with Crippen LogP contribution in [-0.4, -0.2) is 21.4 Å². The van der Waals surface area contributed by atoms with E-state index in [4.69, 9.17) is 17.3 Å². The summed E-state index contributed by atoms with van der Waals surface area (Å²) >= 11 is 5.89. The molecule has 0 bridgehead atoms. The zero-order chi connectivity index (χ0) is 19.7. The second kappa shape index (κ2) is 7.08. The fourth-order valence-electron chi connectivity index (χ4n) is 2.68. The van der Waals surface area contributed by atoms with Crippen molar-refractivity contribution in [1.82, 2.24) is 9.55 Å². The van der Waals surface area contributed by atoms with E-state index in [0.29, 0.717) is 11.1 Å². The Labute approximate surface area is 157 Å². The van der Waals surface area contributed by atoms with Crippen LogP contribution in [0.1, 0.15) is 27.6 Å². The first-order valence-electron chi connectivity index (χ1n) is 7.99. The van der Waals surface area contributed by atoms with E-state index in [2.05, 4.69) is 10.3 Å². The molecule has 2 amide bonds. The molecular weight excluding hydrogens is 372 g/mol. The molecule has 27 heavy (non-hydrogen) atoms. The fraction of sp³-hybridized carbons (Fsp3) is 0.111. The number of nitrogens with one attached hydrogen (secondary N) is 2. The van der Waals surface area contributed by atoms with Gasteiger partial charge >= 0.3 is 5.69 Å². The molecular formula is C18H15ClN4O4. The predicted molar refractivity (Wildman–Crippen MR) is 102 cm³/mol. The van der Waals surface area contributed by atoms with E-state index in [1.807, 2.05) is 0 Å². The van der Waals surface area contributed by atoms with Gasteiger partial charge in [0.2, 0.25) is 5.91 Å². The molecule has 0 aliphatic carbocycles. The fourth-order valence-corrected chi connectivity index (χ4v) is 2.89. The van der Waals surface area contributed by atoms with Gasteiger partial charge < -0.3 is 16.0 Å². The van der Waals surface area contributed by atoms with Gasteiger partial charge in [-0.3, -0.25) is 19.0 Å². The Kier molecular flexibility index (Phi) is 4.83. The Morgan fingerprint density at radius 1 is 1.19 bits per heavy atom. The quantitative estimate of drug-likeness (QED) is 0.630. The number of carbonyl (C=O) groups excluding carboxylic acids is 2. The van der Waals surface area contributed by atoms with Crippen molar-refractivity contribution in [3.63, 3.8) is 0 Å². The number of H-pyrrole nitrogens is 1. The zero-order valence-corrected chi connectivity index (χ0v) is 15.0. The summed E-state index contributed by atoms with van der Waals surface area (Å²) in [5, 5.41) is 3.09. The lowest BCUT2D eigenvalue weighted by Crippen LogP contribution is -2.34. The van der Waals surface area contributed by atoms with Gasteiger partial charge in [-0.1, -0.05) is 11.6 Å². The molecule has 8 nitrogen and oxygen atoms in total. The van der Waals surface area contributed by atoms with E-state index in [9.17, 15) is 19.2 Å². The lowest BCUT2D eigenvalue weighted by atomic mass is 10.1. The second-order valence-corrected chi connectivity index (χ2v) is 6.16. The van der Waals surface area contributed by atoms with Gasteiger partial charge in [-0.05, 0) is 43.3 Å². The van der Waals surface area contributed by atoms with Crippen molar-refractivity contribution < 1.29 is 9.59 Å². The molecule has 0 radical (unpaired) electrons. The normalized spacial score (nSPS) is 10.7. The van der Waals surface area contributed by atoms with Crippen molar-refractivity contribution in [3.8, 4) is 0 Å². The monoisotopic (exact) mass is 386 g/mol. The van der Waals surface area contributed by atoms with Gasteiger partial charge in [0.25, 0.3) is 11.5 Å². The zero-order valence-electron chi connectivity index (χ0n) is 14.2. The van der Waals surface area contributed by atoms with Crippen LogP contribution in [0.25, 0.3) is 10.9 Å². The first kappa shape index (κ1) is 18.4. The maximum atomic E-state index is 12.5. The molecule has 0 aliphatic rings. The molecule has 1 aromatic heterocycles. The molecule has 3 rings (SSSR count). The van der Waals surface area contributed by atoms with Crippen molar-refractivity contribution in [2.45, 2.75) is 13.5 Å². The number of hydrogen-bond donors (Lipinski definition) is 3. The number of carbonyl (C=O) groups is 2. The van der Waals surface area contributed by atoms with Gasteiger partial charge in [-0.25, -0.2) is 4.79 Å². The molecule has 1 heterocycles. The number of nitrogens with two attached hydrogens (primary N) is 1. The van der Waals surface area contributed by atoms with E-state index >= 15 is 0 Å². The number of rotatable bonds is 4. The van der Waals surface area contributed by atoms with Crippen molar-refractivity contribution in [2.24, 2.45) is 5.73 Å². The molecule has 0 atom stereocenters. The minimum absolute atomic E-state index is 0.0809. The number of nitrogens with zero attached hydrogens (tertiary/aromatic N) is 1. The molecule has 0 aliphatic heterocycles. The van der Waals surface area contributed by atoms with Crippen LogP contribution in [0.15, 0.2) is 46.0 Å². The average Bonchev–Trinajstić information content (AvgIpc) is 2.62. The molecule has 3 aromatic rings. The maximum Gasteiger partial charge on any atom is 0.328 e. The Bertz CT molecular complexity index is 1200. The largest absolute Gasteiger partial charge is 0.366 e. The van der Waals surface area contributed by atoms with E-state index in [-0.39, 0.29) is 28.2 Å². The number of hydrogen-bond acceptors (Lipinski definition) is 4. The minimum atomic E-state index is -0.716. The van der Waals surface area contributed by atoms with E-state index < -0.39 is 23.1 Å². The summed E-state index contributed by atoms with van der Waals surface area (Å²) < 4.78 is 1.07. The first-order chi connectivity index (χ1) is 12.8. The van der Waals surface area contributed by atoms with Crippen LogP contribution in [0.5, 0.6) is 0 Å². The van der Waals surface area contributed by atoms with Crippen LogP contribution >= 0.6 is 11.6 Å². The Balaban J connectivity index is 1.97. The number of fused-ring (bicyclic) bond motifs is 1. The summed E-state index contributed by atoms with van der Waals surface area (Å²) in [6.45, 7) is 1.93. The maximum absolute atomic E-state index is 12.5. The third-order valence-electron chi connectivity index (χ3n) is 4.05. The summed E-state index contributed by atoms with van der Waals surface area (Å²) in [6.07, 6.45) is 0.